The maximum Gasteiger partial charge on any atom is 0.269 e. The van der Waals surface area contributed by atoms with E-state index in [1.165, 1.54) is 12.8 Å². The first kappa shape index (κ1) is 25.1. The molecule has 0 fully saturated rings. The lowest BCUT2D eigenvalue weighted by atomic mass is 10.2. The van der Waals surface area contributed by atoms with Crippen LogP contribution in [-0.2, 0) is 0 Å². The molecule has 8 heteroatoms. The van der Waals surface area contributed by atoms with E-state index in [-0.39, 0.29) is 16.9 Å². The smallest absolute Gasteiger partial charge is 0.269 e. The number of hydrazine groups is 1. The van der Waals surface area contributed by atoms with Crippen LogP contribution in [0.15, 0.2) is 48.5 Å². The van der Waals surface area contributed by atoms with Crippen molar-refractivity contribution in [3.05, 3.63) is 59.7 Å². The van der Waals surface area contributed by atoms with Crippen LogP contribution in [0.4, 0.5) is 0 Å². The van der Waals surface area contributed by atoms with Gasteiger partial charge in [-0.2, -0.15) is 0 Å². The first-order valence-electron chi connectivity index (χ1n) is 10.9. The number of ether oxygens (including phenoxy) is 2. The fourth-order valence-corrected chi connectivity index (χ4v) is 2.88. The number of amides is 2. The highest BCUT2D eigenvalue weighted by Gasteiger charge is 2.10. The number of benzene rings is 2. The van der Waals surface area contributed by atoms with E-state index in [0.717, 1.165) is 25.0 Å². The van der Waals surface area contributed by atoms with Crippen LogP contribution >= 0.6 is 12.2 Å². The summed E-state index contributed by atoms with van der Waals surface area (Å²) in [4.78, 5) is 24.5. The molecule has 0 aliphatic heterocycles. The van der Waals surface area contributed by atoms with Gasteiger partial charge in [-0.25, -0.2) is 0 Å². The van der Waals surface area contributed by atoms with Crippen LogP contribution in [0.25, 0.3) is 0 Å². The Morgan fingerprint density at radius 2 is 1.28 bits per heavy atom. The van der Waals surface area contributed by atoms with E-state index in [4.69, 9.17) is 21.7 Å². The van der Waals surface area contributed by atoms with Gasteiger partial charge in [0.2, 0.25) is 0 Å². The maximum atomic E-state index is 12.3. The quantitative estimate of drug-likeness (QED) is 0.264. The Morgan fingerprint density at radius 3 is 1.84 bits per heavy atom. The molecule has 0 saturated carbocycles. The van der Waals surface area contributed by atoms with Gasteiger partial charge in [0.25, 0.3) is 11.8 Å². The minimum atomic E-state index is -0.390. The molecule has 2 aromatic rings. The summed E-state index contributed by atoms with van der Waals surface area (Å²) in [6.45, 7) is 5.47. The average molecular weight is 458 g/mol. The molecular formula is C24H31N3O4S. The number of hydrogen-bond acceptors (Lipinski definition) is 5. The van der Waals surface area contributed by atoms with E-state index in [1.807, 2.05) is 6.92 Å². The van der Waals surface area contributed by atoms with E-state index in [1.54, 1.807) is 48.5 Å². The first-order valence-corrected chi connectivity index (χ1v) is 11.3. The number of thiocarbonyl (C=S) groups is 1. The second-order valence-electron chi connectivity index (χ2n) is 7.17. The average Bonchev–Trinajstić information content (AvgIpc) is 2.81. The second-order valence-corrected chi connectivity index (χ2v) is 7.58. The van der Waals surface area contributed by atoms with Crippen molar-refractivity contribution >= 4 is 29.1 Å². The Labute approximate surface area is 194 Å². The number of nitrogens with one attached hydrogen (secondary N) is 3. The summed E-state index contributed by atoms with van der Waals surface area (Å²) >= 11 is 5.08. The molecule has 0 unspecified atom stereocenters. The molecule has 172 valence electrons. The standard InChI is InChI=1S/C24H31N3O4S/c1-3-5-6-7-17-31-21-14-10-19(11-15-21)23(29)26-27-24(32)25-22(28)18-8-12-20(13-9-18)30-16-4-2/h8-15H,3-7,16-17H2,1-2H3,(H,26,29)(H2,25,27,28,32). The number of carbonyl (C=O) groups is 2. The zero-order chi connectivity index (χ0) is 23.2. The van der Waals surface area contributed by atoms with Crippen molar-refractivity contribution in [1.82, 2.24) is 16.2 Å². The molecule has 32 heavy (non-hydrogen) atoms. The van der Waals surface area contributed by atoms with Crippen LogP contribution in [-0.4, -0.2) is 30.1 Å². The predicted octanol–water partition coefficient (Wildman–Crippen LogP) is 4.38. The van der Waals surface area contributed by atoms with Gasteiger partial charge in [-0.3, -0.25) is 25.8 Å². The number of unbranched alkanes of at least 4 members (excludes halogenated alkanes) is 3. The number of carbonyl (C=O) groups excluding carboxylic acids is 2. The Hall–Kier alpha value is -3.13. The fraction of sp³-hybridized carbons (Fsp3) is 0.375. The third-order valence-corrected chi connectivity index (χ3v) is 4.69. The lowest BCUT2D eigenvalue weighted by Crippen LogP contribution is -2.48. The monoisotopic (exact) mass is 457 g/mol. The lowest BCUT2D eigenvalue weighted by Gasteiger charge is -2.12. The molecule has 0 radical (unpaired) electrons. The van der Waals surface area contributed by atoms with Gasteiger partial charge in [0.15, 0.2) is 5.11 Å². The largest absolute Gasteiger partial charge is 0.494 e. The molecule has 2 rings (SSSR count). The molecule has 0 saturated heterocycles. The summed E-state index contributed by atoms with van der Waals surface area (Å²) in [7, 11) is 0. The first-order chi connectivity index (χ1) is 15.5. The highest BCUT2D eigenvalue weighted by Crippen LogP contribution is 2.14. The molecule has 0 aromatic heterocycles. The number of hydrogen-bond donors (Lipinski definition) is 3. The van der Waals surface area contributed by atoms with E-state index >= 15 is 0 Å². The zero-order valence-corrected chi connectivity index (χ0v) is 19.4. The van der Waals surface area contributed by atoms with Crippen molar-refractivity contribution in [3.8, 4) is 11.5 Å². The zero-order valence-electron chi connectivity index (χ0n) is 18.6. The van der Waals surface area contributed by atoms with Crippen molar-refractivity contribution < 1.29 is 19.1 Å². The minimum absolute atomic E-state index is 0.0123. The highest BCUT2D eigenvalue weighted by molar-refractivity contribution is 7.80. The molecular weight excluding hydrogens is 426 g/mol. The summed E-state index contributed by atoms with van der Waals surface area (Å²) in [6, 6.07) is 13.6. The minimum Gasteiger partial charge on any atom is -0.494 e. The van der Waals surface area contributed by atoms with Crippen LogP contribution in [0.3, 0.4) is 0 Å². The highest BCUT2D eigenvalue weighted by atomic mass is 32.1. The van der Waals surface area contributed by atoms with Crippen LogP contribution in [0.1, 0.15) is 66.7 Å². The normalized spacial score (nSPS) is 10.2. The van der Waals surface area contributed by atoms with Gasteiger partial charge in [-0.15, -0.1) is 0 Å². The van der Waals surface area contributed by atoms with Crippen LogP contribution in [0.2, 0.25) is 0 Å². The molecule has 2 amide bonds. The second kappa shape index (κ2) is 14.0. The van der Waals surface area contributed by atoms with Crippen molar-refractivity contribution in [1.29, 1.82) is 0 Å². The maximum absolute atomic E-state index is 12.3. The predicted molar refractivity (Wildman–Crippen MR) is 129 cm³/mol. The van der Waals surface area contributed by atoms with Gasteiger partial charge in [0, 0.05) is 11.1 Å². The molecule has 3 N–H and O–H groups in total. The summed E-state index contributed by atoms with van der Waals surface area (Å²) < 4.78 is 11.2. The molecule has 0 aliphatic carbocycles. The molecule has 7 nitrogen and oxygen atoms in total. The van der Waals surface area contributed by atoms with Gasteiger partial charge in [0.1, 0.15) is 11.5 Å². The van der Waals surface area contributed by atoms with Crippen LogP contribution in [0.5, 0.6) is 11.5 Å². The Balaban J connectivity index is 1.73. The van der Waals surface area contributed by atoms with Gasteiger partial charge in [-0.1, -0.05) is 33.1 Å². The van der Waals surface area contributed by atoms with Crippen molar-refractivity contribution in [2.24, 2.45) is 0 Å². The molecule has 2 aromatic carbocycles. The van der Waals surface area contributed by atoms with Crippen molar-refractivity contribution in [3.63, 3.8) is 0 Å². The third kappa shape index (κ3) is 8.93. The Bertz CT molecular complexity index is 870. The summed E-state index contributed by atoms with van der Waals surface area (Å²) in [5.74, 6) is 0.650. The van der Waals surface area contributed by atoms with Crippen molar-refractivity contribution in [2.75, 3.05) is 13.2 Å². The third-order valence-electron chi connectivity index (χ3n) is 4.49. The van der Waals surface area contributed by atoms with E-state index in [9.17, 15) is 9.59 Å². The van der Waals surface area contributed by atoms with E-state index in [0.29, 0.717) is 30.1 Å². The van der Waals surface area contributed by atoms with Gasteiger partial charge >= 0.3 is 0 Å². The van der Waals surface area contributed by atoms with Gasteiger partial charge < -0.3 is 9.47 Å². The van der Waals surface area contributed by atoms with E-state index < -0.39 is 0 Å². The van der Waals surface area contributed by atoms with Crippen LogP contribution < -0.4 is 25.6 Å². The fourth-order valence-electron chi connectivity index (χ4n) is 2.74. The number of rotatable bonds is 11. The van der Waals surface area contributed by atoms with E-state index in [2.05, 4.69) is 23.1 Å². The molecule has 0 heterocycles. The summed E-state index contributed by atoms with van der Waals surface area (Å²) in [6.07, 6.45) is 5.47. The SMILES string of the molecule is CCCCCCOc1ccc(C(=O)NNC(=S)NC(=O)c2ccc(OCCC)cc2)cc1. The molecule has 0 atom stereocenters. The molecule has 0 spiro atoms. The molecule has 0 aliphatic rings. The van der Waals surface area contributed by atoms with Gasteiger partial charge in [0.05, 0.1) is 13.2 Å². The summed E-state index contributed by atoms with van der Waals surface area (Å²) in [5.41, 5.74) is 5.86. The Kier molecular flexibility index (Phi) is 11.0. The van der Waals surface area contributed by atoms with Gasteiger partial charge in [-0.05, 0) is 73.6 Å². The summed E-state index contributed by atoms with van der Waals surface area (Å²) in [5, 5.41) is 2.51. The molecule has 0 bridgehead atoms. The Morgan fingerprint density at radius 1 is 0.719 bits per heavy atom. The lowest BCUT2D eigenvalue weighted by molar-refractivity contribution is 0.0934. The topological polar surface area (TPSA) is 88.7 Å². The van der Waals surface area contributed by atoms with Crippen LogP contribution in [0, 0.1) is 0 Å². The van der Waals surface area contributed by atoms with Crippen molar-refractivity contribution in [2.45, 2.75) is 46.0 Å².